The third-order valence-corrected chi connectivity index (χ3v) is 6.56. The number of nitrogens with one attached hydrogen (secondary N) is 2. The molecule has 0 saturated carbocycles. The molecule has 0 bridgehead atoms. The van der Waals surface area contributed by atoms with Gasteiger partial charge in [0.15, 0.2) is 0 Å². The standard InChI is InChI=1S/C23H31N5O3S/c1-4-27(5-2)12-13-28-20-11-7-10-19(20)22(26-23(28)31)32-15-21(30)25-18-9-6-8-17(14-18)24-16(3)29/h6,8-9,14H,4-5,7,10-13,15H2,1-3H3,(H,24,29)(H,25,30). The third kappa shape index (κ3) is 6.20. The number of benzene rings is 1. The van der Waals surface area contributed by atoms with Gasteiger partial charge in [-0.15, -0.1) is 0 Å². The molecule has 8 nitrogen and oxygen atoms in total. The van der Waals surface area contributed by atoms with Gasteiger partial charge in [0.25, 0.3) is 0 Å². The molecule has 1 aromatic carbocycles. The summed E-state index contributed by atoms with van der Waals surface area (Å²) < 4.78 is 1.82. The number of likely N-dealkylation sites (N-methyl/N-ethyl adjacent to an activating group) is 1. The summed E-state index contributed by atoms with van der Waals surface area (Å²) in [7, 11) is 0. The fourth-order valence-corrected chi connectivity index (χ4v) is 4.80. The van der Waals surface area contributed by atoms with E-state index in [0.29, 0.717) is 22.9 Å². The van der Waals surface area contributed by atoms with Crippen molar-refractivity contribution < 1.29 is 9.59 Å². The fourth-order valence-electron chi connectivity index (χ4n) is 3.93. The fraction of sp³-hybridized carbons (Fsp3) is 0.478. The summed E-state index contributed by atoms with van der Waals surface area (Å²) in [4.78, 5) is 43.0. The topological polar surface area (TPSA) is 96.3 Å². The Morgan fingerprint density at radius 1 is 1.16 bits per heavy atom. The molecule has 0 unspecified atom stereocenters. The largest absolute Gasteiger partial charge is 0.348 e. The van der Waals surface area contributed by atoms with Gasteiger partial charge in [-0.25, -0.2) is 4.79 Å². The highest BCUT2D eigenvalue weighted by atomic mass is 32.2. The van der Waals surface area contributed by atoms with E-state index in [1.54, 1.807) is 24.3 Å². The first-order valence-electron chi connectivity index (χ1n) is 11.1. The lowest BCUT2D eigenvalue weighted by Gasteiger charge is -2.20. The lowest BCUT2D eigenvalue weighted by molar-refractivity contribution is -0.114. The summed E-state index contributed by atoms with van der Waals surface area (Å²) in [6.07, 6.45) is 2.76. The van der Waals surface area contributed by atoms with Crippen molar-refractivity contribution >= 4 is 35.0 Å². The minimum Gasteiger partial charge on any atom is -0.326 e. The Morgan fingerprint density at radius 2 is 1.88 bits per heavy atom. The average Bonchev–Trinajstić information content (AvgIpc) is 3.24. The van der Waals surface area contributed by atoms with E-state index in [1.165, 1.54) is 18.7 Å². The molecule has 0 aliphatic heterocycles. The number of nitrogens with zero attached hydrogens (tertiary/aromatic N) is 3. The van der Waals surface area contributed by atoms with Crippen LogP contribution >= 0.6 is 11.8 Å². The normalized spacial score (nSPS) is 12.6. The number of carbonyl (C=O) groups is 2. The molecule has 3 rings (SSSR count). The van der Waals surface area contributed by atoms with Crippen LogP contribution in [0.5, 0.6) is 0 Å². The van der Waals surface area contributed by atoms with Crippen LogP contribution in [-0.2, 0) is 29.0 Å². The maximum atomic E-state index is 12.7. The van der Waals surface area contributed by atoms with Crippen LogP contribution in [0.1, 0.15) is 38.4 Å². The van der Waals surface area contributed by atoms with Crippen LogP contribution in [0.4, 0.5) is 11.4 Å². The molecular formula is C23H31N5O3S. The van der Waals surface area contributed by atoms with E-state index in [9.17, 15) is 14.4 Å². The molecule has 1 aliphatic rings. The Labute approximate surface area is 192 Å². The summed E-state index contributed by atoms with van der Waals surface area (Å²) in [6.45, 7) is 9.06. The summed E-state index contributed by atoms with van der Waals surface area (Å²) in [5.74, 6) is -0.197. The van der Waals surface area contributed by atoms with Crippen molar-refractivity contribution in [2.24, 2.45) is 0 Å². The van der Waals surface area contributed by atoms with Gasteiger partial charge in [-0.1, -0.05) is 31.7 Å². The second kappa shape index (κ2) is 11.3. The number of thioether (sulfide) groups is 1. The summed E-state index contributed by atoms with van der Waals surface area (Å²) in [5.41, 5.74) is 3.17. The Morgan fingerprint density at radius 3 is 2.56 bits per heavy atom. The third-order valence-electron chi connectivity index (χ3n) is 5.54. The second-order valence-electron chi connectivity index (χ2n) is 7.76. The zero-order valence-electron chi connectivity index (χ0n) is 18.9. The molecule has 1 aliphatic carbocycles. The molecule has 172 valence electrons. The SMILES string of the molecule is CCN(CC)CCn1c2c(c(SCC(=O)Nc3cccc(NC(C)=O)c3)nc1=O)CCC2. The van der Waals surface area contributed by atoms with E-state index >= 15 is 0 Å². The van der Waals surface area contributed by atoms with E-state index in [4.69, 9.17) is 0 Å². The minimum atomic E-state index is -0.233. The zero-order chi connectivity index (χ0) is 23.1. The first-order valence-corrected chi connectivity index (χ1v) is 12.0. The van der Waals surface area contributed by atoms with Gasteiger partial charge in [0.05, 0.1) is 5.75 Å². The van der Waals surface area contributed by atoms with Gasteiger partial charge in [0, 0.05) is 42.6 Å². The van der Waals surface area contributed by atoms with Crippen LogP contribution in [0.25, 0.3) is 0 Å². The number of fused-ring (bicyclic) bond motifs is 1. The number of anilines is 2. The van der Waals surface area contributed by atoms with Crippen molar-refractivity contribution in [2.75, 3.05) is 36.0 Å². The lowest BCUT2D eigenvalue weighted by Crippen LogP contribution is -2.34. The van der Waals surface area contributed by atoms with Gasteiger partial charge in [-0.3, -0.25) is 14.2 Å². The molecule has 1 heterocycles. The summed E-state index contributed by atoms with van der Waals surface area (Å²) >= 11 is 1.31. The number of hydrogen-bond donors (Lipinski definition) is 2. The molecule has 0 fully saturated rings. The van der Waals surface area contributed by atoms with E-state index in [2.05, 4.69) is 34.4 Å². The van der Waals surface area contributed by atoms with Gasteiger partial charge >= 0.3 is 5.69 Å². The molecule has 0 saturated heterocycles. The molecule has 9 heteroatoms. The highest BCUT2D eigenvalue weighted by molar-refractivity contribution is 8.00. The molecule has 2 N–H and O–H groups in total. The predicted molar refractivity (Wildman–Crippen MR) is 128 cm³/mol. The Balaban J connectivity index is 1.66. The zero-order valence-corrected chi connectivity index (χ0v) is 19.8. The summed E-state index contributed by atoms with van der Waals surface area (Å²) in [5, 5.41) is 6.20. The molecule has 1 aromatic heterocycles. The van der Waals surface area contributed by atoms with E-state index in [0.717, 1.165) is 50.2 Å². The number of carbonyl (C=O) groups excluding carboxylic acids is 2. The molecule has 0 spiro atoms. The average molecular weight is 458 g/mol. The Bertz CT molecular complexity index is 1030. The van der Waals surface area contributed by atoms with Crippen molar-refractivity contribution in [3.8, 4) is 0 Å². The van der Waals surface area contributed by atoms with Crippen LogP contribution in [0.3, 0.4) is 0 Å². The molecule has 2 amide bonds. The molecule has 0 radical (unpaired) electrons. The maximum absolute atomic E-state index is 12.7. The first kappa shape index (κ1) is 24.0. The number of hydrogen-bond acceptors (Lipinski definition) is 6. The second-order valence-corrected chi connectivity index (χ2v) is 8.72. The lowest BCUT2D eigenvalue weighted by atomic mass is 10.2. The highest BCUT2D eigenvalue weighted by Crippen LogP contribution is 2.29. The molecular weight excluding hydrogens is 426 g/mol. The van der Waals surface area contributed by atoms with Crippen molar-refractivity contribution in [2.45, 2.75) is 51.6 Å². The summed E-state index contributed by atoms with van der Waals surface area (Å²) in [6, 6.07) is 6.99. The number of amides is 2. The smallest absolute Gasteiger partial charge is 0.326 e. The van der Waals surface area contributed by atoms with E-state index in [-0.39, 0.29) is 23.3 Å². The monoisotopic (exact) mass is 457 g/mol. The van der Waals surface area contributed by atoms with Crippen LogP contribution in [0, 0.1) is 0 Å². The van der Waals surface area contributed by atoms with Crippen LogP contribution < -0.4 is 16.3 Å². The van der Waals surface area contributed by atoms with Crippen LogP contribution in [-0.4, -0.2) is 51.7 Å². The highest BCUT2D eigenvalue weighted by Gasteiger charge is 2.22. The molecule has 32 heavy (non-hydrogen) atoms. The maximum Gasteiger partial charge on any atom is 0.348 e. The van der Waals surface area contributed by atoms with Gasteiger partial charge in [0.2, 0.25) is 11.8 Å². The number of aromatic nitrogens is 2. The minimum absolute atomic E-state index is 0.159. The first-order chi connectivity index (χ1) is 15.4. The molecule has 0 atom stereocenters. The number of rotatable bonds is 10. The van der Waals surface area contributed by atoms with Crippen molar-refractivity contribution in [1.29, 1.82) is 0 Å². The van der Waals surface area contributed by atoms with Crippen molar-refractivity contribution in [1.82, 2.24) is 14.5 Å². The van der Waals surface area contributed by atoms with Crippen LogP contribution in [0.2, 0.25) is 0 Å². The van der Waals surface area contributed by atoms with Gasteiger partial charge in [-0.05, 0) is 50.6 Å². The van der Waals surface area contributed by atoms with Crippen molar-refractivity contribution in [3.63, 3.8) is 0 Å². The van der Waals surface area contributed by atoms with Gasteiger partial charge in [-0.2, -0.15) is 4.98 Å². The quantitative estimate of drug-likeness (QED) is 0.421. The predicted octanol–water partition coefficient (Wildman–Crippen LogP) is 2.76. The van der Waals surface area contributed by atoms with Gasteiger partial charge in [0.1, 0.15) is 5.03 Å². The van der Waals surface area contributed by atoms with E-state index in [1.807, 2.05) is 4.57 Å². The van der Waals surface area contributed by atoms with Crippen molar-refractivity contribution in [3.05, 3.63) is 46.0 Å². The van der Waals surface area contributed by atoms with Gasteiger partial charge < -0.3 is 15.5 Å². The van der Waals surface area contributed by atoms with E-state index < -0.39 is 0 Å². The van der Waals surface area contributed by atoms with Crippen LogP contribution in [0.15, 0.2) is 34.1 Å². The Kier molecular flexibility index (Phi) is 8.46. The Hall–Kier alpha value is -2.65. The molecule has 2 aromatic rings.